The lowest BCUT2D eigenvalue weighted by molar-refractivity contribution is -0.118. The summed E-state index contributed by atoms with van der Waals surface area (Å²) in [6, 6.07) is 3.73. The minimum absolute atomic E-state index is 0.00113. The van der Waals surface area contributed by atoms with Crippen molar-refractivity contribution in [3.8, 4) is 0 Å². The molecule has 1 aliphatic rings. The summed E-state index contributed by atoms with van der Waals surface area (Å²) in [7, 11) is 0. The molecule has 0 spiro atoms. The van der Waals surface area contributed by atoms with E-state index >= 15 is 0 Å². The molecule has 0 aliphatic heterocycles. The van der Waals surface area contributed by atoms with Crippen molar-refractivity contribution in [3.05, 3.63) is 36.0 Å². The lowest BCUT2D eigenvalue weighted by Crippen LogP contribution is -2.24. The van der Waals surface area contributed by atoms with Gasteiger partial charge >= 0.3 is 0 Å². The van der Waals surface area contributed by atoms with Gasteiger partial charge in [0.05, 0.1) is 5.92 Å². The van der Waals surface area contributed by atoms with Crippen molar-refractivity contribution in [1.29, 1.82) is 0 Å². The summed E-state index contributed by atoms with van der Waals surface area (Å²) in [5, 5.41) is 2.79. The van der Waals surface area contributed by atoms with Crippen LogP contribution in [0.25, 0.3) is 0 Å². The number of amides is 1. The van der Waals surface area contributed by atoms with Gasteiger partial charge in [-0.25, -0.2) is 4.98 Å². The Kier molecular flexibility index (Phi) is 3.01. The van der Waals surface area contributed by atoms with Gasteiger partial charge in [-0.15, -0.1) is 0 Å². The van der Waals surface area contributed by atoms with Crippen molar-refractivity contribution in [3.63, 3.8) is 0 Å². The second kappa shape index (κ2) is 4.45. The molecule has 4 heteroatoms. The predicted molar refractivity (Wildman–Crippen MR) is 62.8 cm³/mol. The maximum Gasteiger partial charge on any atom is 0.232 e. The molecule has 3 N–H and O–H groups in total. The van der Waals surface area contributed by atoms with Crippen LogP contribution in [0, 0.1) is 12.8 Å². The maximum atomic E-state index is 11.8. The van der Waals surface area contributed by atoms with E-state index in [2.05, 4.69) is 10.3 Å². The molecule has 2 atom stereocenters. The molecule has 16 heavy (non-hydrogen) atoms. The number of aryl methyl sites for hydroxylation is 1. The predicted octanol–water partition coefficient (Wildman–Crippen LogP) is 1.23. The number of aromatic nitrogens is 1. The van der Waals surface area contributed by atoms with Crippen molar-refractivity contribution >= 4 is 11.7 Å². The second-order valence-electron chi connectivity index (χ2n) is 4.10. The van der Waals surface area contributed by atoms with Gasteiger partial charge in [-0.3, -0.25) is 4.79 Å². The molecule has 1 aromatic heterocycles. The fourth-order valence-electron chi connectivity index (χ4n) is 1.75. The van der Waals surface area contributed by atoms with E-state index in [4.69, 9.17) is 5.73 Å². The molecule has 1 heterocycles. The maximum absolute atomic E-state index is 11.8. The molecule has 0 saturated heterocycles. The third-order valence-corrected chi connectivity index (χ3v) is 2.62. The quantitative estimate of drug-likeness (QED) is 0.732. The summed E-state index contributed by atoms with van der Waals surface area (Å²) in [5.41, 5.74) is 6.77. The minimum Gasteiger partial charge on any atom is -0.324 e. The van der Waals surface area contributed by atoms with Gasteiger partial charge in [-0.2, -0.15) is 0 Å². The van der Waals surface area contributed by atoms with Crippen molar-refractivity contribution in [2.75, 3.05) is 5.32 Å². The molecule has 2 rings (SSSR count). The van der Waals surface area contributed by atoms with Gasteiger partial charge in [0.25, 0.3) is 0 Å². The summed E-state index contributed by atoms with van der Waals surface area (Å²) in [6.07, 6.45) is 6.09. The first-order chi connectivity index (χ1) is 7.65. The van der Waals surface area contributed by atoms with Crippen molar-refractivity contribution in [2.45, 2.75) is 19.4 Å². The van der Waals surface area contributed by atoms with Crippen molar-refractivity contribution in [2.24, 2.45) is 11.7 Å². The lowest BCUT2D eigenvalue weighted by Gasteiger charge is -2.09. The van der Waals surface area contributed by atoms with Crippen LogP contribution in [-0.2, 0) is 4.79 Å². The van der Waals surface area contributed by atoms with Crippen LogP contribution in [0.2, 0.25) is 0 Å². The first-order valence-corrected chi connectivity index (χ1v) is 5.32. The summed E-state index contributed by atoms with van der Waals surface area (Å²) in [4.78, 5) is 15.9. The van der Waals surface area contributed by atoms with Gasteiger partial charge < -0.3 is 11.1 Å². The number of carbonyl (C=O) groups excluding carboxylic acids is 1. The molecule has 4 nitrogen and oxygen atoms in total. The average Bonchev–Trinajstić information content (AvgIpc) is 2.65. The Labute approximate surface area is 94.6 Å². The van der Waals surface area contributed by atoms with Crippen LogP contribution in [-0.4, -0.2) is 16.9 Å². The van der Waals surface area contributed by atoms with Crippen LogP contribution in [0.5, 0.6) is 0 Å². The van der Waals surface area contributed by atoms with E-state index in [1.807, 2.05) is 31.2 Å². The Morgan fingerprint density at radius 1 is 1.56 bits per heavy atom. The molecular formula is C12H15N3O. The molecule has 0 radical (unpaired) electrons. The SMILES string of the molecule is Cc1ccnc(NC(=O)C2C=CC(N)C2)c1. The number of pyridine rings is 1. The average molecular weight is 217 g/mol. The number of carbonyl (C=O) groups is 1. The van der Waals surface area contributed by atoms with E-state index in [0.717, 1.165) is 5.56 Å². The summed E-state index contributed by atoms with van der Waals surface area (Å²) < 4.78 is 0. The second-order valence-corrected chi connectivity index (χ2v) is 4.10. The van der Waals surface area contributed by atoms with Gasteiger partial charge in [-0.1, -0.05) is 12.2 Å². The Bertz CT molecular complexity index is 428. The Balaban J connectivity index is 2.00. The summed E-state index contributed by atoms with van der Waals surface area (Å²) in [5.74, 6) is 0.429. The van der Waals surface area contributed by atoms with Crippen LogP contribution in [0.15, 0.2) is 30.5 Å². The topological polar surface area (TPSA) is 68.0 Å². The normalized spacial score (nSPS) is 23.4. The molecule has 84 valence electrons. The zero-order valence-electron chi connectivity index (χ0n) is 9.18. The Morgan fingerprint density at radius 3 is 3.00 bits per heavy atom. The Morgan fingerprint density at radius 2 is 2.38 bits per heavy atom. The van der Waals surface area contributed by atoms with E-state index < -0.39 is 0 Å². The zero-order valence-corrected chi connectivity index (χ0v) is 9.18. The number of nitrogens with zero attached hydrogens (tertiary/aromatic N) is 1. The number of anilines is 1. The molecule has 0 bridgehead atoms. The third-order valence-electron chi connectivity index (χ3n) is 2.62. The van der Waals surface area contributed by atoms with Crippen LogP contribution >= 0.6 is 0 Å². The fourth-order valence-corrected chi connectivity index (χ4v) is 1.75. The largest absolute Gasteiger partial charge is 0.324 e. The first-order valence-electron chi connectivity index (χ1n) is 5.32. The van der Waals surface area contributed by atoms with Gasteiger partial charge in [-0.05, 0) is 31.0 Å². The molecule has 0 fully saturated rings. The fraction of sp³-hybridized carbons (Fsp3) is 0.333. The highest BCUT2D eigenvalue weighted by Crippen LogP contribution is 2.18. The highest BCUT2D eigenvalue weighted by molar-refractivity contribution is 5.93. The number of rotatable bonds is 2. The van der Waals surface area contributed by atoms with Crippen molar-refractivity contribution < 1.29 is 4.79 Å². The third kappa shape index (κ3) is 2.46. The number of hydrogen-bond donors (Lipinski definition) is 2. The van der Waals surface area contributed by atoms with E-state index in [0.29, 0.717) is 12.2 Å². The standard InChI is InChI=1S/C12H15N3O/c1-8-4-5-14-11(6-8)15-12(16)9-2-3-10(13)7-9/h2-6,9-10H,7,13H2,1H3,(H,14,15,16). The van der Waals surface area contributed by atoms with Gasteiger partial charge in [0.15, 0.2) is 0 Å². The van der Waals surface area contributed by atoms with E-state index in [1.165, 1.54) is 0 Å². The van der Waals surface area contributed by atoms with Gasteiger partial charge in [0, 0.05) is 12.2 Å². The van der Waals surface area contributed by atoms with Gasteiger partial charge in [0.2, 0.25) is 5.91 Å². The molecule has 0 saturated carbocycles. The monoisotopic (exact) mass is 217 g/mol. The Hall–Kier alpha value is -1.68. The molecular weight excluding hydrogens is 202 g/mol. The first kappa shape index (κ1) is 10.8. The van der Waals surface area contributed by atoms with E-state index in [-0.39, 0.29) is 17.9 Å². The van der Waals surface area contributed by atoms with Crippen molar-refractivity contribution in [1.82, 2.24) is 4.98 Å². The van der Waals surface area contributed by atoms with Crippen LogP contribution < -0.4 is 11.1 Å². The molecule has 1 aliphatic carbocycles. The minimum atomic E-state index is -0.127. The van der Waals surface area contributed by atoms with Crippen LogP contribution in [0.3, 0.4) is 0 Å². The smallest absolute Gasteiger partial charge is 0.232 e. The van der Waals surface area contributed by atoms with E-state index in [1.54, 1.807) is 6.20 Å². The molecule has 1 amide bonds. The van der Waals surface area contributed by atoms with Gasteiger partial charge in [0.1, 0.15) is 5.82 Å². The zero-order chi connectivity index (χ0) is 11.5. The van der Waals surface area contributed by atoms with Crippen LogP contribution in [0.4, 0.5) is 5.82 Å². The van der Waals surface area contributed by atoms with Crippen LogP contribution in [0.1, 0.15) is 12.0 Å². The molecule has 2 unspecified atom stereocenters. The number of nitrogens with one attached hydrogen (secondary N) is 1. The molecule has 0 aromatic carbocycles. The number of nitrogens with two attached hydrogens (primary N) is 1. The van der Waals surface area contributed by atoms with E-state index in [9.17, 15) is 4.79 Å². The molecule has 1 aromatic rings. The lowest BCUT2D eigenvalue weighted by atomic mass is 10.1. The number of hydrogen-bond acceptors (Lipinski definition) is 3. The highest BCUT2D eigenvalue weighted by Gasteiger charge is 2.22. The summed E-state index contributed by atoms with van der Waals surface area (Å²) in [6.45, 7) is 1.96. The highest BCUT2D eigenvalue weighted by atomic mass is 16.1. The summed E-state index contributed by atoms with van der Waals surface area (Å²) >= 11 is 0.